The molecule has 116 valence electrons. The van der Waals surface area contributed by atoms with E-state index in [0.717, 1.165) is 0 Å². The zero-order valence-electron chi connectivity index (χ0n) is 11.8. The van der Waals surface area contributed by atoms with Gasteiger partial charge in [-0.1, -0.05) is 17.7 Å². The number of carbonyl (C=O) groups excluding carboxylic acids is 3. The van der Waals surface area contributed by atoms with Crippen molar-refractivity contribution in [2.75, 3.05) is 5.32 Å². The lowest BCUT2D eigenvalue weighted by Gasteiger charge is -2.16. The third kappa shape index (κ3) is 4.29. The highest BCUT2D eigenvalue weighted by molar-refractivity contribution is 6.37. The lowest BCUT2D eigenvalue weighted by molar-refractivity contribution is -0.146. The number of rotatable bonds is 4. The van der Waals surface area contributed by atoms with Crippen molar-refractivity contribution in [1.82, 2.24) is 5.43 Å². The van der Waals surface area contributed by atoms with Gasteiger partial charge in [-0.05, 0) is 25.1 Å². The van der Waals surface area contributed by atoms with Crippen LogP contribution in [-0.2, 0) is 19.1 Å². The molecule has 0 spiro atoms. The molecular formula is C14H14ClN3O4. The molecule has 0 saturated carbocycles. The van der Waals surface area contributed by atoms with Gasteiger partial charge < -0.3 is 10.1 Å². The summed E-state index contributed by atoms with van der Waals surface area (Å²) in [7, 11) is 0. The summed E-state index contributed by atoms with van der Waals surface area (Å²) < 4.78 is 5.02. The van der Waals surface area contributed by atoms with Crippen LogP contribution in [0.5, 0.6) is 0 Å². The first-order valence-electron chi connectivity index (χ1n) is 6.58. The highest BCUT2D eigenvalue weighted by atomic mass is 35.5. The average molecular weight is 324 g/mol. The summed E-state index contributed by atoms with van der Waals surface area (Å²) in [6.45, 7) is 1.44. The molecule has 0 bridgehead atoms. The van der Waals surface area contributed by atoms with Gasteiger partial charge in [-0.3, -0.25) is 9.59 Å². The molecule has 2 rings (SSSR count). The Hall–Kier alpha value is -2.41. The highest BCUT2D eigenvalue weighted by Crippen LogP contribution is 2.15. The van der Waals surface area contributed by atoms with Crippen molar-refractivity contribution in [1.29, 1.82) is 0 Å². The lowest BCUT2D eigenvalue weighted by atomic mass is 10.2. The molecule has 0 saturated heterocycles. The van der Waals surface area contributed by atoms with Crippen LogP contribution in [0.4, 0.5) is 5.69 Å². The van der Waals surface area contributed by atoms with Gasteiger partial charge in [0, 0.05) is 23.6 Å². The first-order chi connectivity index (χ1) is 10.5. The quantitative estimate of drug-likeness (QED) is 0.820. The maximum absolute atomic E-state index is 12.0. The number of anilines is 1. The monoisotopic (exact) mass is 323 g/mol. The van der Waals surface area contributed by atoms with Gasteiger partial charge in [0.05, 0.1) is 0 Å². The summed E-state index contributed by atoms with van der Waals surface area (Å²) in [5, 5.41) is 6.68. The van der Waals surface area contributed by atoms with Gasteiger partial charge >= 0.3 is 5.97 Å². The summed E-state index contributed by atoms with van der Waals surface area (Å²) in [6.07, 6.45) is -0.656. The van der Waals surface area contributed by atoms with E-state index in [2.05, 4.69) is 15.8 Å². The van der Waals surface area contributed by atoms with E-state index in [9.17, 15) is 14.4 Å². The van der Waals surface area contributed by atoms with Crippen molar-refractivity contribution in [2.24, 2.45) is 5.10 Å². The first kappa shape index (κ1) is 16.0. The second-order valence-electron chi connectivity index (χ2n) is 4.64. The molecule has 2 N–H and O–H groups in total. The fourth-order valence-corrected chi connectivity index (χ4v) is 1.90. The number of ether oxygens (including phenoxy) is 1. The van der Waals surface area contributed by atoms with Gasteiger partial charge in [0.25, 0.3) is 5.91 Å². The van der Waals surface area contributed by atoms with Crippen LogP contribution in [0.3, 0.4) is 0 Å². The Kier molecular flexibility index (Phi) is 5.11. The minimum Gasteiger partial charge on any atom is -0.448 e. The van der Waals surface area contributed by atoms with E-state index in [1.165, 1.54) is 6.92 Å². The Labute approximate surface area is 131 Å². The molecule has 1 aromatic carbocycles. The Bertz CT molecular complexity index is 645. The van der Waals surface area contributed by atoms with Gasteiger partial charge in [-0.2, -0.15) is 5.10 Å². The smallest absolute Gasteiger partial charge is 0.355 e. The maximum atomic E-state index is 12.0. The van der Waals surface area contributed by atoms with Crippen molar-refractivity contribution in [3.8, 4) is 0 Å². The van der Waals surface area contributed by atoms with Crippen LogP contribution in [0.2, 0.25) is 5.02 Å². The molecular weight excluding hydrogens is 310 g/mol. The zero-order valence-corrected chi connectivity index (χ0v) is 12.5. The number of nitrogens with one attached hydrogen (secondary N) is 2. The fourth-order valence-electron chi connectivity index (χ4n) is 1.71. The van der Waals surface area contributed by atoms with E-state index in [1.807, 2.05) is 0 Å². The number of halogens is 1. The van der Waals surface area contributed by atoms with Crippen LogP contribution in [0, 0.1) is 0 Å². The highest BCUT2D eigenvalue weighted by Gasteiger charge is 2.24. The van der Waals surface area contributed by atoms with E-state index in [4.69, 9.17) is 16.3 Å². The van der Waals surface area contributed by atoms with E-state index < -0.39 is 18.0 Å². The minimum atomic E-state index is -1.01. The molecule has 1 unspecified atom stereocenters. The summed E-state index contributed by atoms with van der Waals surface area (Å²) >= 11 is 5.82. The molecule has 1 aliphatic heterocycles. The summed E-state index contributed by atoms with van der Waals surface area (Å²) in [4.78, 5) is 34.7. The maximum Gasteiger partial charge on any atom is 0.355 e. The predicted octanol–water partition coefficient (Wildman–Crippen LogP) is 1.48. The van der Waals surface area contributed by atoms with Gasteiger partial charge in [0.1, 0.15) is 5.71 Å². The lowest BCUT2D eigenvalue weighted by Crippen LogP contribution is -2.35. The zero-order chi connectivity index (χ0) is 16.1. The number of nitrogens with zero attached hydrogens (tertiary/aromatic N) is 1. The number of benzene rings is 1. The van der Waals surface area contributed by atoms with Crippen molar-refractivity contribution in [3.63, 3.8) is 0 Å². The van der Waals surface area contributed by atoms with Crippen molar-refractivity contribution in [2.45, 2.75) is 25.9 Å². The summed E-state index contributed by atoms with van der Waals surface area (Å²) in [5.41, 5.74) is 2.78. The molecule has 8 heteroatoms. The molecule has 22 heavy (non-hydrogen) atoms. The Morgan fingerprint density at radius 1 is 1.41 bits per heavy atom. The number of carbonyl (C=O) groups is 3. The number of esters is 1. The van der Waals surface area contributed by atoms with Crippen molar-refractivity contribution < 1.29 is 19.1 Å². The minimum absolute atomic E-state index is 0.0852. The second kappa shape index (κ2) is 7.04. The third-order valence-corrected chi connectivity index (χ3v) is 3.12. The first-order valence-corrected chi connectivity index (χ1v) is 6.96. The Balaban J connectivity index is 1.91. The van der Waals surface area contributed by atoms with Crippen LogP contribution in [0.15, 0.2) is 29.4 Å². The van der Waals surface area contributed by atoms with Gasteiger partial charge in [-0.25, -0.2) is 10.2 Å². The number of amides is 2. The standard InChI is InChI=1S/C14H14ClN3O4/c1-8(13(20)16-10-4-2-3-9(15)7-10)22-14(21)11-5-6-12(19)18-17-11/h2-4,7-8H,5-6H2,1H3,(H,16,20)(H,18,19). The van der Waals surface area contributed by atoms with Gasteiger partial charge in [0.15, 0.2) is 6.10 Å². The third-order valence-electron chi connectivity index (χ3n) is 2.89. The van der Waals surface area contributed by atoms with Crippen LogP contribution in [-0.4, -0.2) is 29.6 Å². The van der Waals surface area contributed by atoms with E-state index in [1.54, 1.807) is 24.3 Å². The van der Waals surface area contributed by atoms with Crippen LogP contribution in [0.1, 0.15) is 19.8 Å². The molecule has 0 aliphatic carbocycles. The number of hydrazone groups is 1. The second-order valence-corrected chi connectivity index (χ2v) is 5.08. The molecule has 1 aromatic rings. The van der Waals surface area contributed by atoms with Crippen LogP contribution >= 0.6 is 11.6 Å². The normalized spacial score (nSPS) is 15.4. The van der Waals surface area contributed by atoms with Gasteiger partial charge in [0.2, 0.25) is 5.91 Å². The molecule has 2 amide bonds. The molecule has 1 aliphatic rings. The molecule has 1 heterocycles. The van der Waals surface area contributed by atoms with Crippen molar-refractivity contribution >= 4 is 40.8 Å². The predicted molar refractivity (Wildman–Crippen MR) is 80.4 cm³/mol. The Morgan fingerprint density at radius 2 is 2.18 bits per heavy atom. The van der Waals surface area contributed by atoms with E-state index in [-0.39, 0.29) is 24.5 Å². The molecule has 0 radical (unpaired) electrons. The summed E-state index contributed by atoms with van der Waals surface area (Å²) in [5.74, 6) is -1.48. The SMILES string of the molecule is CC(OC(=O)C1=NNC(=O)CC1)C(=O)Nc1cccc(Cl)c1. The van der Waals surface area contributed by atoms with Crippen LogP contribution in [0.25, 0.3) is 0 Å². The average Bonchev–Trinajstić information content (AvgIpc) is 2.47. The summed E-state index contributed by atoms with van der Waals surface area (Å²) in [6, 6.07) is 6.61. The van der Waals surface area contributed by atoms with Gasteiger partial charge in [-0.15, -0.1) is 0 Å². The number of hydrogen-bond acceptors (Lipinski definition) is 5. The van der Waals surface area contributed by atoms with Crippen molar-refractivity contribution in [3.05, 3.63) is 29.3 Å². The molecule has 1 atom stereocenters. The van der Waals surface area contributed by atoms with Crippen LogP contribution < -0.4 is 10.7 Å². The topological polar surface area (TPSA) is 96.9 Å². The van der Waals surface area contributed by atoms with E-state index >= 15 is 0 Å². The molecule has 0 fully saturated rings. The molecule has 7 nitrogen and oxygen atoms in total. The number of hydrogen-bond donors (Lipinski definition) is 2. The largest absolute Gasteiger partial charge is 0.448 e. The molecule has 0 aromatic heterocycles. The Morgan fingerprint density at radius 3 is 2.82 bits per heavy atom. The van der Waals surface area contributed by atoms with E-state index in [0.29, 0.717) is 10.7 Å². The fraction of sp³-hybridized carbons (Fsp3) is 0.286.